The van der Waals surface area contributed by atoms with Crippen LogP contribution in [0.1, 0.15) is 46.8 Å². The molecule has 7 heteroatoms. The van der Waals surface area contributed by atoms with Crippen LogP contribution in [0.3, 0.4) is 0 Å². The summed E-state index contributed by atoms with van der Waals surface area (Å²) in [6.45, 7) is 0.669. The number of aromatic nitrogens is 2. The molecule has 3 heterocycles. The maximum atomic E-state index is 12.7. The molecule has 6 rings (SSSR count). The Kier molecular flexibility index (Phi) is 5.49. The molecule has 35 heavy (non-hydrogen) atoms. The molecule has 0 saturated heterocycles. The second kappa shape index (κ2) is 8.82. The molecule has 176 valence electrons. The minimum Gasteiger partial charge on any atom is -0.493 e. The Labute approximate surface area is 206 Å². The van der Waals surface area contributed by atoms with Crippen LogP contribution >= 0.6 is 11.3 Å². The van der Waals surface area contributed by atoms with Gasteiger partial charge in [-0.25, -0.2) is 9.78 Å². The molecule has 0 bridgehead atoms. The standard InChI is InChI=1S/C28H24N2O4S/c31-25-15-24-20-14-21(27-29-9-11-35-27)26(34-10-8-17-6-7-17)13-19(20)12-23(18-4-2-1-3-5-18)30(24)16-22(25)28(32)33/h1-5,9,11,13-17,23H,6-8,10,12H2,(H,32,33). The minimum absolute atomic E-state index is 0.137. The zero-order valence-corrected chi connectivity index (χ0v) is 19.8. The largest absolute Gasteiger partial charge is 0.493 e. The summed E-state index contributed by atoms with van der Waals surface area (Å²) >= 11 is 1.54. The smallest absolute Gasteiger partial charge is 0.341 e. The number of ether oxygens (including phenoxy) is 1. The van der Waals surface area contributed by atoms with Crippen LogP contribution in [-0.2, 0) is 6.42 Å². The summed E-state index contributed by atoms with van der Waals surface area (Å²) in [5.41, 5.74) is 3.92. The molecule has 1 N–H and O–H groups in total. The van der Waals surface area contributed by atoms with Gasteiger partial charge in [-0.15, -0.1) is 11.3 Å². The molecule has 2 aromatic carbocycles. The SMILES string of the molecule is O=C(O)c1cn2c(cc1=O)-c1cc(-c3nccs3)c(OCCC3CC3)cc1CC2c1ccccc1. The molecule has 1 aliphatic heterocycles. The molecule has 2 aromatic heterocycles. The van der Waals surface area contributed by atoms with Crippen LogP contribution in [0.5, 0.6) is 5.75 Å². The fraction of sp³-hybridized carbons (Fsp3) is 0.250. The lowest BCUT2D eigenvalue weighted by molar-refractivity contribution is 0.0694. The fourth-order valence-corrected chi connectivity index (χ4v) is 5.52. The molecule has 1 saturated carbocycles. The van der Waals surface area contributed by atoms with Crippen molar-refractivity contribution in [2.75, 3.05) is 6.61 Å². The van der Waals surface area contributed by atoms with Crippen LogP contribution in [-0.4, -0.2) is 27.2 Å². The van der Waals surface area contributed by atoms with Crippen LogP contribution in [0.25, 0.3) is 21.8 Å². The normalized spacial score (nSPS) is 16.4. The number of rotatable bonds is 7. The number of carboxylic acid groups (broad SMARTS) is 1. The number of carboxylic acids is 1. The Morgan fingerprint density at radius 2 is 1.97 bits per heavy atom. The van der Waals surface area contributed by atoms with Gasteiger partial charge in [0.05, 0.1) is 23.9 Å². The van der Waals surface area contributed by atoms with Gasteiger partial charge in [0.1, 0.15) is 16.3 Å². The number of pyridine rings is 1. The van der Waals surface area contributed by atoms with E-state index in [2.05, 4.69) is 11.1 Å². The molecular weight excluding hydrogens is 460 g/mol. The van der Waals surface area contributed by atoms with Crippen molar-refractivity contribution in [3.63, 3.8) is 0 Å². The van der Waals surface area contributed by atoms with Gasteiger partial charge >= 0.3 is 5.97 Å². The first-order chi connectivity index (χ1) is 17.1. The van der Waals surface area contributed by atoms with Crippen molar-refractivity contribution in [3.05, 3.63) is 93.2 Å². The van der Waals surface area contributed by atoms with Gasteiger partial charge in [-0.2, -0.15) is 0 Å². The van der Waals surface area contributed by atoms with Crippen molar-refractivity contribution in [1.82, 2.24) is 9.55 Å². The predicted octanol–water partition coefficient (Wildman–Crippen LogP) is 5.66. The van der Waals surface area contributed by atoms with E-state index >= 15 is 0 Å². The number of hydrogen-bond donors (Lipinski definition) is 1. The molecule has 1 fully saturated rings. The Morgan fingerprint density at radius 1 is 1.14 bits per heavy atom. The third-order valence-corrected chi connectivity index (χ3v) is 7.67. The molecule has 0 amide bonds. The highest BCUT2D eigenvalue weighted by atomic mass is 32.1. The summed E-state index contributed by atoms with van der Waals surface area (Å²) in [6.07, 6.45) is 7.55. The van der Waals surface area contributed by atoms with E-state index in [0.717, 1.165) is 45.3 Å². The minimum atomic E-state index is -1.22. The number of nitrogens with zero attached hydrogens (tertiary/aromatic N) is 2. The maximum Gasteiger partial charge on any atom is 0.341 e. The highest BCUT2D eigenvalue weighted by molar-refractivity contribution is 7.13. The van der Waals surface area contributed by atoms with Gasteiger partial charge in [0.25, 0.3) is 0 Å². The van der Waals surface area contributed by atoms with E-state index < -0.39 is 11.4 Å². The summed E-state index contributed by atoms with van der Waals surface area (Å²) in [5.74, 6) is 0.371. The van der Waals surface area contributed by atoms with Crippen LogP contribution in [0.15, 0.2) is 71.1 Å². The van der Waals surface area contributed by atoms with Gasteiger partial charge in [0.2, 0.25) is 0 Å². The monoisotopic (exact) mass is 484 g/mol. The molecule has 4 aromatic rings. The van der Waals surface area contributed by atoms with Gasteiger partial charge in [0, 0.05) is 29.4 Å². The van der Waals surface area contributed by atoms with Crippen LogP contribution in [0.4, 0.5) is 0 Å². The van der Waals surface area contributed by atoms with Crippen LogP contribution < -0.4 is 10.2 Å². The third-order valence-electron chi connectivity index (χ3n) is 6.87. The second-order valence-corrected chi connectivity index (χ2v) is 10.1. The number of hydrogen-bond acceptors (Lipinski definition) is 5. The van der Waals surface area contributed by atoms with E-state index in [1.807, 2.05) is 46.3 Å². The van der Waals surface area contributed by atoms with Gasteiger partial charge in [0.15, 0.2) is 5.43 Å². The summed E-state index contributed by atoms with van der Waals surface area (Å²) < 4.78 is 8.23. The van der Waals surface area contributed by atoms with Crippen LogP contribution in [0, 0.1) is 5.92 Å². The Hall–Kier alpha value is -3.71. The first-order valence-corrected chi connectivity index (χ1v) is 12.7. The van der Waals surface area contributed by atoms with Crippen molar-refractivity contribution >= 4 is 17.3 Å². The zero-order chi connectivity index (χ0) is 23.9. The number of benzene rings is 2. The van der Waals surface area contributed by atoms with Gasteiger partial charge in [-0.1, -0.05) is 43.2 Å². The average molecular weight is 485 g/mol. The Bertz CT molecular complexity index is 1460. The first-order valence-electron chi connectivity index (χ1n) is 11.8. The summed E-state index contributed by atoms with van der Waals surface area (Å²) in [7, 11) is 0. The van der Waals surface area contributed by atoms with Gasteiger partial charge < -0.3 is 14.4 Å². The van der Waals surface area contributed by atoms with Crippen molar-refractivity contribution in [1.29, 1.82) is 0 Å². The Balaban J connectivity index is 1.52. The number of aromatic carboxylic acids is 1. The summed E-state index contributed by atoms with van der Waals surface area (Å²) in [4.78, 5) is 29.0. The number of fused-ring (bicyclic) bond motifs is 3. The van der Waals surface area contributed by atoms with Crippen molar-refractivity contribution < 1.29 is 14.6 Å². The maximum absolute atomic E-state index is 12.7. The van der Waals surface area contributed by atoms with E-state index in [9.17, 15) is 14.7 Å². The quantitative estimate of drug-likeness (QED) is 0.366. The fourth-order valence-electron chi connectivity index (χ4n) is 4.86. The molecule has 1 atom stereocenters. The summed E-state index contributed by atoms with van der Waals surface area (Å²) in [6, 6.07) is 15.4. The van der Waals surface area contributed by atoms with Gasteiger partial charge in [-0.3, -0.25) is 4.79 Å². The Morgan fingerprint density at radius 3 is 2.69 bits per heavy atom. The topological polar surface area (TPSA) is 81.4 Å². The molecule has 2 aliphatic rings. The molecule has 1 unspecified atom stereocenters. The van der Waals surface area contributed by atoms with E-state index in [-0.39, 0.29) is 11.6 Å². The van der Waals surface area contributed by atoms with Crippen molar-refractivity contribution in [2.24, 2.45) is 5.92 Å². The lowest BCUT2D eigenvalue weighted by atomic mass is 9.87. The third kappa shape index (κ3) is 4.17. The lowest BCUT2D eigenvalue weighted by Gasteiger charge is -2.32. The number of carbonyl (C=O) groups is 1. The highest BCUT2D eigenvalue weighted by Crippen LogP contribution is 2.43. The van der Waals surface area contributed by atoms with Crippen molar-refractivity contribution in [2.45, 2.75) is 31.7 Å². The second-order valence-electron chi connectivity index (χ2n) is 9.20. The van der Waals surface area contributed by atoms with Crippen molar-refractivity contribution in [3.8, 4) is 27.6 Å². The van der Waals surface area contributed by atoms with Gasteiger partial charge in [-0.05, 0) is 42.0 Å². The summed E-state index contributed by atoms with van der Waals surface area (Å²) in [5, 5.41) is 12.4. The predicted molar refractivity (Wildman–Crippen MR) is 135 cm³/mol. The average Bonchev–Trinajstić information content (AvgIpc) is 3.53. The molecule has 6 nitrogen and oxygen atoms in total. The number of thiazole rings is 1. The van der Waals surface area contributed by atoms with E-state index in [1.165, 1.54) is 25.1 Å². The van der Waals surface area contributed by atoms with E-state index in [0.29, 0.717) is 18.7 Å². The van der Waals surface area contributed by atoms with E-state index in [4.69, 9.17) is 4.74 Å². The molecule has 0 spiro atoms. The van der Waals surface area contributed by atoms with E-state index in [1.54, 1.807) is 17.5 Å². The lowest BCUT2D eigenvalue weighted by Crippen LogP contribution is -2.26. The van der Waals surface area contributed by atoms with Crippen LogP contribution in [0.2, 0.25) is 0 Å². The molecular formula is C28H24N2O4S. The first kappa shape index (κ1) is 21.8. The molecule has 1 aliphatic carbocycles. The zero-order valence-electron chi connectivity index (χ0n) is 19.0. The highest BCUT2D eigenvalue weighted by Gasteiger charge is 2.29. The molecule has 0 radical (unpaired) electrons.